The van der Waals surface area contributed by atoms with Crippen molar-refractivity contribution in [2.24, 2.45) is 11.8 Å². The minimum atomic E-state index is -0.191. The summed E-state index contributed by atoms with van der Waals surface area (Å²) in [6, 6.07) is 5.53. The number of alkyl halides is 1. The van der Waals surface area contributed by atoms with Crippen molar-refractivity contribution in [2.45, 2.75) is 31.6 Å². The Morgan fingerprint density at radius 3 is 2.56 bits per heavy atom. The van der Waals surface area contributed by atoms with Crippen molar-refractivity contribution in [1.82, 2.24) is 0 Å². The van der Waals surface area contributed by atoms with Gasteiger partial charge in [-0.15, -0.1) is 11.6 Å². The molecule has 0 saturated heterocycles. The molecule has 0 N–H and O–H groups in total. The summed E-state index contributed by atoms with van der Waals surface area (Å²) in [5.41, 5.74) is 2.24. The fourth-order valence-corrected chi connectivity index (χ4v) is 3.52. The molecular formula is C15H15ClO2. The Balaban J connectivity index is 2.09. The van der Waals surface area contributed by atoms with Crippen LogP contribution in [0.3, 0.4) is 0 Å². The molecule has 3 heteroatoms. The molecule has 1 aromatic rings. The van der Waals surface area contributed by atoms with Gasteiger partial charge in [-0.05, 0) is 32.3 Å². The Labute approximate surface area is 111 Å². The van der Waals surface area contributed by atoms with Gasteiger partial charge in [-0.1, -0.05) is 17.7 Å². The van der Waals surface area contributed by atoms with E-state index in [9.17, 15) is 9.59 Å². The second kappa shape index (κ2) is 4.20. The molecule has 2 nitrogen and oxygen atoms in total. The first-order valence-electron chi connectivity index (χ1n) is 6.41. The predicted molar refractivity (Wildman–Crippen MR) is 70.3 cm³/mol. The van der Waals surface area contributed by atoms with Crippen LogP contribution in [0.5, 0.6) is 0 Å². The van der Waals surface area contributed by atoms with E-state index in [0.29, 0.717) is 17.5 Å². The van der Waals surface area contributed by atoms with Crippen LogP contribution in [0.2, 0.25) is 0 Å². The van der Waals surface area contributed by atoms with E-state index < -0.39 is 0 Å². The van der Waals surface area contributed by atoms with Gasteiger partial charge in [0.25, 0.3) is 0 Å². The molecule has 3 rings (SSSR count). The lowest BCUT2D eigenvalue weighted by Crippen LogP contribution is -2.41. The van der Waals surface area contributed by atoms with E-state index >= 15 is 0 Å². The summed E-state index contributed by atoms with van der Waals surface area (Å²) in [4.78, 5) is 24.9. The summed E-state index contributed by atoms with van der Waals surface area (Å²) in [5.74, 6) is -0.0763. The maximum absolute atomic E-state index is 12.5. The first-order valence-corrected chi connectivity index (χ1v) is 6.84. The number of hydrogen-bond donors (Lipinski definition) is 0. The van der Waals surface area contributed by atoms with Crippen molar-refractivity contribution < 1.29 is 9.59 Å². The van der Waals surface area contributed by atoms with Crippen LogP contribution in [0.15, 0.2) is 18.2 Å². The van der Waals surface area contributed by atoms with Crippen LogP contribution in [0.1, 0.15) is 45.5 Å². The van der Waals surface area contributed by atoms with Gasteiger partial charge < -0.3 is 0 Å². The highest BCUT2D eigenvalue weighted by Crippen LogP contribution is 2.41. The average molecular weight is 263 g/mol. The maximum atomic E-state index is 12.5. The molecule has 0 heterocycles. The number of aryl methyl sites for hydroxylation is 1. The van der Waals surface area contributed by atoms with Gasteiger partial charge in [0.1, 0.15) is 0 Å². The number of fused-ring (bicyclic) bond motifs is 2. The minimum Gasteiger partial charge on any atom is -0.294 e. The SMILES string of the molecule is Cc1ccc2c(c1)C(=O)C1CCC(Cl)CC1C2=O. The zero-order valence-electron chi connectivity index (χ0n) is 10.3. The molecular weight excluding hydrogens is 248 g/mol. The fourth-order valence-electron chi connectivity index (χ4n) is 3.20. The molecule has 18 heavy (non-hydrogen) atoms. The molecule has 2 aliphatic rings. The summed E-state index contributed by atoms with van der Waals surface area (Å²) in [6.45, 7) is 1.94. The molecule has 3 unspecified atom stereocenters. The Kier molecular flexibility index (Phi) is 2.78. The number of carbonyl (C=O) groups excluding carboxylic acids is 2. The number of Topliss-reactive ketones (excluding diaryl/α,β-unsaturated/α-hetero) is 2. The molecule has 0 aliphatic heterocycles. The number of rotatable bonds is 0. The zero-order chi connectivity index (χ0) is 12.9. The summed E-state index contributed by atoms with van der Waals surface area (Å²) in [6.07, 6.45) is 2.23. The third-order valence-electron chi connectivity index (χ3n) is 4.17. The van der Waals surface area contributed by atoms with E-state index in [1.165, 1.54) is 0 Å². The number of carbonyl (C=O) groups is 2. The van der Waals surface area contributed by atoms with Crippen LogP contribution in [0.4, 0.5) is 0 Å². The zero-order valence-corrected chi connectivity index (χ0v) is 11.0. The maximum Gasteiger partial charge on any atom is 0.167 e. The summed E-state index contributed by atoms with van der Waals surface area (Å²) in [5, 5.41) is 0.0370. The average Bonchev–Trinajstić information content (AvgIpc) is 2.36. The molecule has 1 aromatic carbocycles. The lowest BCUT2D eigenvalue weighted by atomic mass is 9.67. The number of benzene rings is 1. The molecule has 0 radical (unpaired) electrons. The largest absolute Gasteiger partial charge is 0.294 e. The number of halogens is 1. The molecule has 0 aromatic heterocycles. The number of hydrogen-bond acceptors (Lipinski definition) is 2. The first-order chi connectivity index (χ1) is 8.58. The third kappa shape index (κ3) is 1.71. The van der Waals surface area contributed by atoms with Gasteiger partial charge in [-0.3, -0.25) is 9.59 Å². The van der Waals surface area contributed by atoms with E-state index in [0.717, 1.165) is 18.4 Å². The molecule has 1 saturated carbocycles. The van der Waals surface area contributed by atoms with Crippen LogP contribution >= 0.6 is 11.6 Å². The fraction of sp³-hybridized carbons (Fsp3) is 0.467. The Hall–Kier alpha value is -1.15. The van der Waals surface area contributed by atoms with Crippen molar-refractivity contribution >= 4 is 23.2 Å². The van der Waals surface area contributed by atoms with Gasteiger partial charge in [0.05, 0.1) is 0 Å². The highest BCUT2D eigenvalue weighted by Gasteiger charge is 2.44. The Morgan fingerprint density at radius 1 is 1.06 bits per heavy atom. The monoisotopic (exact) mass is 262 g/mol. The quantitative estimate of drug-likeness (QED) is 0.672. The van der Waals surface area contributed by atoms with E-state index in [4.69, 9.17) is 11.6 Å². The van der Waals surface area contributed by atoms with E-state index in [2.05, 4.69) is 0 Å². The molecule has 0 bridgehead atoms. The van der Waals surface area contributed by atoms with Crippen LogP contribution in [0.25, 0.3) is 0 Å². The van der Waals surface area contributed by atoms with Gasteiger partial charge >= 0.3 is 0 Å². The summed E-state index contributed by atoms with van der Waals surface area (Å²) < 4.78 is 0. The second-order valence-corrected chi connectivity index (χ2v) is 6.02. The van der Waals surface area contributed by atoms with Gasteiger partial charge in [0, 0.05) is 28.3 Å². The molecule has 3 atom stereocenters. The lowest BCUT2D eigenvalue weighted by Gasteiger charge is -2.36. The first kappa shape index (κ1) is 11.9. The third-order valence-corrected chi connectivity index (χ3v) is 4.56. The van der Waals surface area contributed by atoms with Crippen LogP contribution in [-0.2, 0) is 0 Å². The van der Waals surface area contributed by atoms with Gasteiger partial charge in [0.2, 0.25) is 0 Å². The molecule has 94 valence electrons. The smallest absolute Gasteiger partial charge is 0.167 e. The van der Waals surface area contributed by atoms with Crippen LogP contribution in [0, 0.1) is 18.8 Å². The highest BCUT2D eigenvalue weighted by atomic mass is 35.5. The van der Waals surface area contributed by atoms with Crippen LogP contribution in [-0.4, -0.2) is 16.9 Å². The van der Waals surface area contributed by atoms with Crippen molar-refractivity contribution in [1.29, 1.82) is 0 Å². The Bertz CT molecular complexity index is 535. The van der Waals surface area contributed by atoms with Crippen LogP contribution < -0.4 is 0 Å². The standard InChI is InChI=1S/C15H15ClO2/c1-8-2-4-10-12(6-8)14(17)11-5-3-9(16)7-13(11)15(10)18/h2,4,6,9,11,13H,3,5,7H2,1H3. The highest BCUT2D eigenvalue weighted by molar-refractivity contribution is 6.22. The molecule has 0 amide bonds. The predicted octanol–water partition coefficient (Wildman–Crippen LogP) is 3.40. The minimum absolute atomic E-state index is 0.0370. The normalized spacial score (nSPS) is 30.9. The van der Waals surface area contributed by atoms with Crippen molar-refractivity contribution in [2.75, 3.05) is 0 Å². The summed E-state index contributed by atoms with van der Waals surface area (Å²) in [7, 11) is 0. The van der Waals surface area contributed by atoms with Gasteiger partial charge in [0.15, 0.2) is 11.6 Å². The second-order valence-electron chi connectivity index (χ2n) is 5.40. The van der Waals surface area contributed by atoms with E-state index in [1.807, 2.05) is 19.1 Å². The van der Waals surface area contributed by atoms with E-state index in [-0.39, 0.29) is 28.8 Å². The van der Waals surface area contributed by atoms with Crippen molar-refractivity contribution in [3.8, 4) is 0 Å². The van der Waals surface area contributed by atoms with Crippen molar-refractivity contribution in [3.05, 3.63) is 34.9 Å². The topological polar surface area (TPSA) is 34.1 Å². The lowest BCUT2D eigenvalue weighted by molar-refractivity contribution is 0.0679. The van der Waals surface area contributed by atoms with Gasteiger partial charge in [-0.25, -0.2) is 0 Å². The van der Waals surface area contributed by atoms with Gasteiger partial charge in [-0.2, -0.15) is 0 Å². The molecule has 2 aliphatic carbocycles. The Morgan fingerprint density at radius 2 is 1.78 bits per heavy atom. The molecule has 1 fully saturated rings. The summed E-state index contributed by atoms with van der Waals surface area (Å²) >= 11 is 6.14. The number of ketones is 2. The molecule has 0 spiro atoms. The van der Waals surface area contributed by atoms with E-state index in [1.54, 1.807) is 6.07 Å². The van der Waals surface area contributed by atoms with Crippen molar-refractivity contribution in [3.63, 3.8) is 0 Å².